The number of nitrogens with one attached hydrogen (secondary N) is 1. The number of rotatable bonds is 9. The number of likely N-dealkylation sites (N-methyl/N-ethyl adjacent to an activating group) is 1. The predicted molar refractivity (Wildman–Crippen MR) is 75.9 cm³/mol. The van der Waals surface area contributed by atoms with E-state index in [9.17, 15) is 9.90 Å². The lowest BCUT2D eigenvalue weighted by atomic mass is 9.92. The zero-order chi connectivity index (χ0) is 14.3. The third kappa shape index (κ3) is 5.36. The zero-order valence-corrected chi connectivity index (χ0v) is 12.8. The quantitative estimate of drug-likeness (QED) is 0.665. The zero-order valence-electron chi connectivity index (χ0n) is 12.8. The van der Waals surface area contributed by atoms with Crippen molar-refractivity contribution in [2.45, 2.75) is 59.5 Å². The van der Waals surface area contributed by atoms with Gasteiger partial charge in [-0.1, -0.05) is 27.7 Å². The van der Waals surface area contributed by atoms with Crippen LogP contribution in [-0.4, -0.2) is 47.2 Å². The molecule has 0 fully saturated rings. The maximum atomic E-state index is 11.4. The molecule has 108 valence electrons. The fourth-order valence-electron chi connectivity index (χ4n) is 2.43. The molecule has 0 amide bonds. The number of aliphatic carboxylic acids is 1. The van der Waals surface area contributed by atoms with E-state index in [4.69, 9.17) is 0 Å². The van der Waals surface area contributed by atoms with Crippen molar-refractivity contribution >= 4 is 5.97 Å². The second kappa shape index (κ2) is 7.74. The standard InChI is InChI=1S/C14H30N2O2/c1-7-15-14(6,13(17)18)9-12(5)16(8-2)10-11(3)4/h11-12,15H,7-10H2,1-6H3,(H,17,18). The average Bonchev–Trinajstić information content (AvgIpc) is 2.25. The molecule has 0 aliphatic rings. The lowest BCUT2D eigenvalue weighted by Gasteiger charge is -2.35. The Balaban J connectivity index is 4.66. The molecular weight excluding hydrogens is 228 g/mol. The topological polar surface area (TPSA) is 52.6 Å². The molecule has 0 saturated carbocycles. The second-order valence-electron chi connectivity index (χ2n) is 5.70. The van der Waals surface area contributed by atoms with Gasteiger partial charge in [-0.3, -0.25) is 4.79 Å². The minimum Gasteiger partial charge on any atom is -0.480 e. The molecule has 4 heteroatoms. The van der Waals surface area contributed by atoms with Crippen molar-refractivity contribution in [3.05, 3.63) is 0 Å². The molecule has 18 heavy (non-hydrogen) atoms. The first-order valence-corrected chi connectivity index (χ1v) is 6.99. The fourth-order valence-corrected chi connectivity index (χ4v) is 2.43. The van der Waals surface area contributed by atoms with Crippen LogP contribution in [0.3, 0.4) is 0 Å². The van der Waals surface area contributed by atoms with E-state index >= 15 is 0 Å². The lowest BCUT2D eigenvalue weighted by Crippen LogP contribution is -2.53. The third-order valence-corrected chi connectivity index (χ3v) is 3.37. The molecule has 0 bridgehead atoms. The molecule has 2 unspecified atom stereocenters. The highest BCUT2D eigenvalue weighted by Crippen LogP contribution is 2.17. The molecule has 0 aliphatic carbocycles. The van der Waals surface area contributed by atoms with Gasteiger partial charge in [-0.25, -0.2) is 0 Å². The van der Waals surface area contributed by atoms with Crippen LogP contribution in [0.5, 0.6) is 0 Å². The summed E-state index contributed by atoms with van der Waals surface area (Å²) in [6, 6.07) is 0.262. The van der Waals surface area contributed by atoms with Crippen molar-refractivity contribution in [2.75, 3.05) is 19.6 Å². The van der Waals surface area contributed by atoms with Gasteiger partial charge in [-0.15, -0.1) is 0 Å². The number of carboxylic acids is 1. The van der Waals surface area contributed by atoms with E-state index in [-0.39, 0.29) is 6.04 Å². The van der Waals surface area contributed by atoms with Crippen molar-refractivity contribution in [2.24, 2.45) is 5.92 Å². The maximum absolute atomic E-state index is 11.4. The van der Waals surface area contributed by atoms with E-state index in [1.807, 2.05) is 6.92 Å². The van der Waals surface area contributed by atoms with Gasteiger partial charge in [0.15, 0.2) is 0 Å². The van der Waals surface area contributed by atoms with Crippen LogP contribution >= 0.6 is 0 Å². The molecular formula is C14H30N2O2. The minimum absolute atomic E-state index is 0.262. The van der Waals surface area contributed by atoms with Crippen LogP contribution in [0.4, 0.5) is 0 Å². The molecule has 0 heterocycles. The summed E-state index contributed by atoms with van der Waals surface area (Å²) in [7, 11) is 0. The van der Waals surface area contributed by atoms with E-state index in [0.717, 1.165) is 13.1 Å². The van der Waals surface area contributed by atoms with Crippen LogP contribution in [0.15, 0.2) is 0 Å². The van der Waals surface area contributed by atoms with E-state index < -0.39 is 11.5 Å². The molecule has 0 saturated heterocycles. The first-order chi connectivity index (χ1) is 8.26. The number of hydrogen-bond donors (Lipinski definition) is 2. The Labute approximate surface area is 112 Å². The smallest absolute Gasteiger partial charge is 0.323 e. The molecule has 0 rings (SSSR count). The molecule has 0 aromatic carbocycles. The van der Waals surface area contributed by atoms with Crippen LogP contribution in [0, 0.1) is 5.92 Å². The van der Waals surface area contributed by atoms with Crippen molar-refractivity contribution < 1.29 is 9.90 Å². The van der Waals surface area contributed by atoms with Crippen LogP contribution in [0.25, 0.3) is 0 Å². The number of hydrogen-bond acceptors (Lipinski definition) is 3. The number of nitrogens with zero attached hydrogens (tertiary/aromatic N) is 1. The Morgan fingerprint density at radius 2 is 1.89 bits per heavy atom. The molecule has 0 aromatic heterocycles. The Kier molecular flexibility index (Phi) is 7.48. The Morgan fingerprint density at radius 3 is 2.22 bits per heavy atom. The van der Waals surface area contributed by atoms with Gasteiger partial charge in [0.1, 0.15) is 5.54 Å². The minimum atomic E-state index is -0.835. The van der Waals surface area contributed by atoms with Gasteiger partial charge in [0.2, 0.25) is 0 Å². The summed E-state index contributed by atoms with van der Waals surface area (Å²) in [5.74, 6) is -0.167. The molecule has 0 aromatic rings. The van der Waals surface area contributed by atoms with Gasteiger partial charge in [-0.2, -0.15) is 0 Å². The highest BCUT2D eigenvalue weighted by molar-refractivity contribution is 5.78. The van der Waals surface area contributed by atoms with Gasteiger partial charge >= 0.3 is 5.97 Å². The fraction of sp³-hybridized carbons (Fsp3) is 0.929. The maximum Gasteiger partial charge on any atom is 0.323 e. The molecule has 2 N–H and O–H groups in total. The van der Waals surface area contributed by atoms with Crippen LogP contribution in [0.1, 0.15) is 48.0 Å². The van der Waals surface area contributed by atoms with E-state index in [1.165, 1.54) is 0 Å². The largest absolute Gasteiger partial charge is 0.480 e. The summed E-state index contributed by atoms with van der Waals surface area (Å²) in [6.45, 7) is 15.0. The molecule has 0 radical (unpaired) electrons. The van der Waals surface area contributed by atoms with Crippen LogP contribution in [-0.2, 0) is 4.79 Å². The first-order valence-electron chi connectivity index (χ1n) is 6.99. The summed E-state index contributed by atoms with van der Waals surface area (Å²) in [5.41, 5.74) is -0.835. The lowest BCUT2D eigenvalue weighted by molar-refractivity contribution is -0.145. The van der Waals surface area contributed by atoms with Gasteiger partial charge in [0, 0.05) is 12.6 Å². The molecule has 0 spiro atoms. The molecule has 0 aliphatic heterocycles. The Bertz CT molecular complexity index is 256. The molecule has 4 nitrogen and oxygen atoms in total. The molecule has 2 atom stereocenters. The Hall–Kier alpha value is -0.610. The van der Waals surface area contributed by atoms with Gasteiger partial charge in [-0.05, 0) is 39.3 Å². The first kappa shape index (κ1) is 17.4. The van der Waals surface area contributed by atoms with Crippen molar-refractivity contribution in [3.8, 4) is 0 Å². The number of carbonyl (C=O) groups is 1. The van der Waals surface area contributed by atoms with Crippen LogP contribution in [0.2, 0.25) is 0 Å². The summed E-state index contributed by atoms with van der Waals surface area (Å²) >= 11 is 0. The number of carboxylic acid groups (broad SMARTS) is 1. The van der Waals surface area contributed by atoms with Crippen LogP contribution < -0.4 is 5.32 Å². The normalized spacial score (nSPS) is 16.9. The second-order valence-corrected chi connectivity index (χ2v) is 5.70. The average molecular weight is 258 g/mol. The van der Waals surface area contributed by atoms with Gasteiger partial charge in [0.05, 0.1) is 0 Å². The van der Waals surface area contributed by atoms with Crippen molar-refractivity contribution in [1.29, 1.82) is 0 Å². The SMILES string of the molecule is CCNC(C)(CC(C)N(CC)CC(C)C)C(=O)O. The highest BCUT2D eigenvalue weighted by atomic mass is 16.4. The van der Waals surface area contributed by atoms with E-state index in [0.29, 0.717) is 18.9 Å². The van der Waals surface area contributed by atoms with E-state index in [1.54, 1.807) is 6.92 Å². The van der Waals surface area contributed by atoms with Gasteiger partial charge < -0.3 is 15.3 Å². The Morgan fingerprint density at radius 1 is 1.33 bits per heavy atom. The summed E-state index contributed by atoms with van der Waals surface area (Å²) < 4.78 is 0. The third-order valence-electron chi connectivity index (χ3n) is 3.37. The van der Waals surface area contributed by atoms with Gasteiger partial charge in [0.25, 0.3) is 0 Å². The van der Waals surface area contributed by atoms with Crippen molar-refractivity contribution in [3.63, 3.8) is 0 Å². The predicted octanol–water partition coefficient (Wildman–Crippen LogP) is 2.20. The van der Waals surface area contributed by atoms with Crippen molar-refractivity contribution in [1.82, 2.24) is 10.2 Å². The monoisotopic (exact) mass is 258 g/mol. The summed E-state index contributed by atoms with van der Waals surface area (Å²) in [4.78, 5) is 13.7. The highest BCUT2D eigenvalue weighted by Gasteiger charge is 2.34. The van der Waals surface area contributed by atoms with E-state index in [2.05, 4.69) is 37.9 Å². The summed E-state index contributed by atoms with van der Waals surface area (Å²) in [5, 5.41) is 12.5. The summed E-state index contributed by atoms with van der Waals surface area (Å²) in [6.07, 6.45) is 0.622.